The van der Waals surface area contributed by atoms with E-state index in [9.17, 15) is 9.59 Å². The van der Waals surface area contributed by atoms with E-state index in [-0.39, 0.29) is 18.4 Å². The molecule has 1 saturated heterocycles. The van der Waals surface area contributed by atoms with E-state index >= 15 is 0 Å². The van der Waals surface area contributed by atoms with E-state index in [0.717, 1.165) is 0 Å². The molecule has 108 valence electrons. The minimum atomic E-state index is -0.188. The van der Waals surface area contributed by atoms with Crippen LogP contribution in [0.5, 0.6) is 0 Å². The number of carbonyl (C=O) groups is 2. The van der Waals surface area contributed by atoms with Gasteiger partial charge in [0.1, 0.15) is 0 Å². The van der Waals surface area contributed by atoms with Crippen molar-refractivity contribution < 1.29 is 14.3 Å². The van der Waals surface area contributed by atoms with Crippen molar-refractivity contribution >= 4 is 17.5 Å². The zero-order valence-corrected chi connectivity index (χ0v) is 11.5. The summed E-state index contributed by atoms with van der Waals surface area (Å²) < 4.78 is 5.20. The summed E-state index contributed by atoms with van der Waals surface area (Å²) >= 11 is 0. The Bertz CT molecular complexity index is 481. The second-order valence-electron chi connectivity index (χ2n) is 4.78. The van der Waals surface area contributed by atoms with Gasteiger partial charge in [0.2, 0.25) is 5.91 Å². The second-order valence-corrected chi connectivity index (χ2v) is 4.78. The fraction of sp³-hybridized carbons (Fsp3) is 0.429. The SMILES string of the molecule is CN(CC(=O)N1CCOCC1)C(=O)c1ccc(N)cc1. The molecule has 0 aliphatic carbocycles. The van der Waals surface area contributed by atoms with E-state index in [4.69, 9.17) is 10.5 Å². The molecule has 2 rings (SSSR count). The highest BCUT2D eigenvalue weighted by Crippen LogP contribution is 2.08. The molecule has 1 aromatic carbocycles. The minimum absolute atomic E-state index is 0.0559. The Hall–Kier alpha value is -2.08. The summed E-state index contributed by atoms with van der Waals surface area (Å²) in [4.78, 5) is 27.4. The Labute approximate surface area is 118 Å². The van der Waals surface area contributed by atoms with Gasteiger partial charge in [-0.3, -0.25) is 9.59 Å². The van der Waals surface area contributed by atoms with Crippen molar-refractivity contribution in [1.82, 2.24) is 9.80 Å². The lowest BCUT2D eigenvalue weighted by molar-refractivity contribution is -0.135. The quantitative estimate of drug-likeness (QED) is 0.801. The Morgan fingerprint density at radius 1 is 1.25 bits per heavy atom. The summed E-state index contributed by atoms with van der Waals surface area (Å²) in [6.45, 7) is 2.36. The van der Waals surface area contributed by atoms with Crippen molar-refractivity contribution in [2.45, 2.75) is 0 Å². The van der Waals surface area contributed by atoms with E-state index in [0.29, 0.717) is 37.6 Å². The molecule has 0 bridgehead atoms. The van der Waals surface area contributed by atoms with E-state index in [1.54, 1.807) is 36.2 Å². The first kappa shape index (κ1) is 14.3. The van der Waals surface area contributed by atoms with Crippen LogP contribution in [0.25, 0.3) is 0 Å². The van der Waals surface area contributed by atoms with Crippen LogP contribution in [0.3, 0.4) is 0 Å². The molecule has 1 aromatic rings. The van der Waals surface area contributed by atoms with Gasteiger partial charge in [-0.25, -0.2) is 0 Å². The van der Waals surface area contributed by atoms with Gasteiger partial charge in [0, 0.05) is 31.4 Å². The summed E-state index contributed by atoms with van der Waals surface area (Å²) in [6.07, 6.45) is 0. The first-order valence-electron chi connectivity index (χ1n) is 6.54. The third-order valence-electron chi connectivity index (χ3n) is 3.24. The molecule has 0 saturated carbocycles. The monoisotopic (exact) mass is 277 g/mol. The van der Waals surface area contributed by atoms with Crippen LogP contribution in [0.4, 0.5) is 5.69 Å². The second kappa shape index (κ2) is 6.38. The standard InChI is InChI=1S/C14H19N3O3/c1-16(10-13(18)17-6-8-20-9-7-17)14(19)11-2-4-12(15)5-3-11/h2-5H,6-10,15H2,1H3. The van der Waals surface area contributed by atoms with Gasteiger partial charge in [0.25, 0.3) is 5.91 Å². The van der Waals surface area contributed by atoms with Crippen molar-refractivity contribution in [3.63, 3.8) is 0 Å². The number of carbonyl (C=O) groups excluding carboxylic acids is 2. The number of nitrogen functional groups attached to an aromatic ring is 1. The number of amides is 2. The molecule has 1 heterocycles. The molecule has 0 aromatic heterocycles. The zero-order valence-electron chi connectivity index (χ0n) is 11.5. The number of anilines is 1. The number of likely N-dealkylation sites (N-methyl/N-ethyl adjacent to an activating group) is 1. The average molecular weight is 277 g/mol. The van der Waals surface area contributed by atoms with Gasteiger partial charge in [-0.1, -0.05) is 0 Å². The van der Waals surface area contributed by atoms with Crippen molar-refractivity contribution in [2.24, 2.45) is 0 Å². The lowest BCUT2D eigenvalue weighted by atomic mass is 10.2. The summed E-state index contributed by atoms with van der Waals surface area (Å²) in [5.41, 5.74) is 6.71. The number of hydrogen-bond donors (Lipinski definition) is 1. The number of hydrogen-bond acceptors (Lipinski definition) is 4. The lowest BCUT2D eigenvalue weighted by Crippen LogP contribution is -2.46. The Morgan fingerprint density at radius 3 is 2.45 bits per heavy atom. The predicted octanol–water partition coefficient (Wildman–Crippen LogP) is 0.200. The summed E-state index contributed by atoms with van der Waals surface area (Å²) in [5, 5.41) is 0. The van der Waals surface area contributed by atoms with Crippen molar-refractivity contribution in [3.05, 3.63) is 29.8 Å². The normalized spacial score (nSPS) is 14.9. The fourth-order valence-corrected chi connectivity index (χ4v) is 2.03. The smallest absolute Gasteiger partial charge is 0.254 e. The number of nitrogens with zero attached hydrogens (tertiary/aromatic N) is 2. The number of nitrogens with two attached hydrogens (primary N) is 1. The molecule has 1 fully saturated rings. The van der Waals surface area contributed by atoms with Crippen molar-refractivity contribution in [3.8, 4) is 0 Å². The molecular formula is C14H19N3O3. The molecule has 0 unspecified atom stereocenters. The first-order chi connectivity index (χ1) is 9.58. The molecule has 6 heteroatoms. The van der Waals surface area contributed by atoms with Crippen LogP contribution in [-0.2, 0) is 9.53 Å². The zero-order chi connectivity index (χ0) is 14.5. The third kappa shape index (κ3) is 3.48. The van der Waals surface area contributed by atoms with Crippen LogP contribution in [0.2, 0.25) is 0 Å². The predicted molar refractivity (Wildman–Crippen MR) is 75.2 cm³/mol. The minimum Gasteiger partial charge on any atom is -0.399 e. The summed E-state index contributed by atoms with van der Waals surface area (Å²) in [6, 6.07) is 6.66. The Balaban J connectivity index is 1.93. The fourth-order valence-electron chi connectivity index (χ4n) is 2.03. The largest absolute Gasteiger partial charge is 0.399 e. The number of morpholine rings is 1. The maximum atomic E-state index is 12.2. The third-order valence-corrected chi connectivity index (χ3v) is 3.24. The van der Waals surface area contributed by atoms with Crippen LogP contribution < -0.4 is 5.73 Å². The van der Waals surface area contributed by atoms with E-state index < -0.39 is 0 Å². The number of rotatable bonds is 3. The molecule has 1 aliphatic heterocycles. The maximum Gasteiger partial charge on any atom is 0.254 e. The number of benzene rings is 1. The van der Waals surface area contributed by atoms with Gasteiger partial charge >= 0.3 is 0 Å². The lowest BCUT2D eigenvalue weighted by Gasteiger charge is -2.28. The molecular weight excluding hydrogens is 258 g/mol. The van der Waals surface area contributed by atoms with Crippen LogP contribution in [0.1, 0.15) is 10.4 Å². The maximum absolute atomic E-state index is 12.2. The molecule has 0 atom stereocenters. The topological polar surface area (TPSA) is 75.9 Å². The van der Waals surface area contributed by atoms with Crippen LogP contribution in [0, 0.1) is 0 Å². The van der Waals surface area contributed by atoms with Gasteiger partial charge < -0.3 is 20.3 Å². The molecule has 20 heavy (non-hydrogen) atoms. The van der Waals surface area contributed by atoms with Crippen molar-refractivity contribution in [1.29, 1.82) is 0 Å². The summed E-state index contributed by atoms with van der Waals surface area (Å²) in [7, 11) is 1.62. The first-order valence-corrected chi connectivity index (χ1v) is 6.54. The highest BCUT2D eigenvalue weighted by Gasteiger charge is 2.20. The van der Waals surface area contributed by atoms with E-state index in [1.807, 2.05) is 0 Å². The van der Waals surface area contributed by atoms with Gasteiger partial charge in [-0.15, -0.1) is 0 Å². The highest BCUT2D eigenvalue weighted by atomic mass is 16.5. The van der Waals surface area contributed by atoms with Gasteiger partial charge in [0.15, 0.2) is 0 Å². The summed E-state index contributed by atoms with van der Waals surface area (Å²) in [5.74, 6) is -0.244. The molecule has 2 amide bonds. The average Bonchev–Trinajstić information content (AvgIpc) is 2.48. The Kier molecular flexibility index (Phi) is 4.57. The molecule has 6 nitrogen and oxygen atoms in total. The highest BCUT2D eigenvalue weighted by molar-refractivity contribution is 5.96. The number of ether oxygens (including phenoxy) is 1. The van der Waals surface area contributed by atoms with Crippen LogP contribution >= 0.6 is 0 Å². The van der Waals surface area contributed by atoms with Crippen LogP contribution in [-0.4, -0.2) is 61.5 Å². The van der Waals surface area contributed by atoms with E-state index in [2.05, 4.69) is 0 Å². The molecule has 1 aliphatic rings. The van der Waals surface area contributed by atoms with Gasteiger partial charge in [0.05, 0.1) is 19.8 Å². The van der Waals surface area contributed by atoms with Crippen molar-refractivity contribution in [2.75, 3.05) is 45.6 Å². The molecule has 0 radical (unpaired) electrons. The van der Waals surface area contributed by atoms with Gasteiger partial charge in [-0.05, 0) is 24.3 Å². The molecule has 2 N–H and O–H groups in total. The van der Waals surface area contributed by atoms with Gasteiger partial charge in [-0.2, -0.15) is 0 Å². The Morgan fingerprint density at radius 2 is 1.85 bits per heavy atom. The molecule has 0 spiro atoms. The van der Waals surface area contributed by atoms with E-state index in [1.165, 1.54) is 4.90 Å². The van der Waals surface area contributed by atoms with Crippen LogP contribution in [0.15, 0.2) is 24.3 Å².